The van der Waals surface area contributed by atoms with Crippen LogP contribution in [0.5, 0.6) is 0 Å². The van der Waals surface area contributed by atoms with Crippen LogP contribution in [0.4, 0.5) is 0 Å². The smallest absolute Gasteiger partial charge is 0.270 e. The molecule has 0 aliphatic heterocycles. The van der Waals surface area contributed by atoms with Crippen molar-refractivity contribution in [2.45, 2.75) is 44.8 Å². The van der Waals surface area contributed by atoms with E-state index in [1.807, 2.05) is 0 Å². The number of nitrogens with zero attached hydrogens (tertiary/aromatic N) is 2. The Kier molecular flexibility index (Phi) is 6.80. The van der Waals surface area contributed by atoms with Gasteiger partial charge < -0.3 is 0 Å². The van der Waals surface area contributed by atoms with Crippen molar-refractivity contribution in [3.63, 3.8) is 0 Å². The van der Waals surface area contributed by atoms with Crippen LogP contribution in [0.2, 0.25) is 0 Å². The lowest BCUT2D eigenvalue weighted by Crippen LogP contribution is -2.17. The average Bonchev–Trinajstić information content (AvgIpc) is 2.62. The van der Waals surface area contributed by atoms with Crippen LogP contribution in [0.25, 0.3) is 0 Å². The molecule has 1 aromatic rings. The van der Waals surface area contributed by atoms with Crippen molar-refractivity contribution in [1.29, 1.82) is 0 Å². The van der Waals surface area contributed by atoms with Gasteiger partial charge in [-0.15, -0.1) is 5.10 Å². The van der Waals surface area contributed by atoms with E-state index in [1.54, 1.807) is 16.3 Å². The van der Waals surface area contributed by atoms with E-state index in [0.29, 0.717) is 5.92 Å². The maximum atomic E-state index is 11.5. The van der Waals surface area contributed by atoms with Crippen molar-refractivity contribution in [3.8, 4) is 0 Å². The molecular weight excluding hydrogens is 254 g/mol. The maximum absolute atomic E-state index is 11.5. The highest BCUT2D eigenvalue weighted by Crippen LogP contribution is 2.18. The van der Waals surface area contributed by atoms with Crippen molar-refractivity contribution in [2.24, 2.45) is 5.92 Å². The Bertz CT molecular complexity index is 375. The highest BCUT2D eigenvalue weighted by Gasteiger charge is 2.08. The lowest BCUT2D eigenvalue weighted by molar-refractivity contribution is 0.552. The van der Waals surface area contributed by atoms with E-state index < -0.39 is 0 Å². The number of rotatable bonds is 8. The molecule has 0 saturated carbocycles. The summed E-state index contributed by atoms with van der Waals surface area (Å²) in [6.45, 7) is 5.03. The lowest BCUT2D eigenvalue weighted by atomic mass is 10.1. The summed E-state index contributed by atoms with van der Waals surface area (Å²) in [5.74, 6) is 2.63. The number of aromatic nitrogens is 3. The Morgan fingerprint density at radius 2 is 2.29 bits per heavy atom. The molecular formula is C11H21N3OS2. The molecule has 0 aromatic carbocycles. The number of hydrogen-bond acceptors (Lipinski definition) is 4. The van der Waals surface area contributed by atoms with Crippen molar-refractivity contribution in [1.82, 2.24) is 14.8 Å². The molecule has 0 amide bonds. The Balaban J connectivity index is 2.43. The van der Waals surface area contributed by atoms with Crippen LogP contribution in [0, 0.1) is 5.92 Å². The van der Waals surface area contributed by atoms with Gasteiger partial charge in [0.05, 0.1) is 0 Å². The van der Waals surface area contributed by atoms with E-state index >= 15 is 0 Å². The van der Waals surface area contributed by atoms with E-state index in [1.165, 1.54) is 0 Å². The highest BCUT2D eigenvalue weighted by molar-refractivity contribution is 7.99. The van der Waals surface area contributed by atoms with E-state index in [4.69, 9.17) is 0 Å². The number of nitrogens with one attached hydrogen (secondary N) is 1. The summed E-state index contributed by atoms with van der Waals surface area (Å²) in [6.07, 6.45) is 3.23. The zero-order valence-corrected chi connectivity index (χ0v) is 12.2. The molecule has 1 N–H and O–H groups in total. The van der Waals surface area contributed by atoms with Crippen molar-refractivity contribution < 1.29 is 0 Å². The van der Waals surface area contributed by atoms with Gasteiger partial charge in [0.1, 0.15) is 0 Å². The van der Waals surface area contributed by atoms with Gasteiger partial charge in [-0.1, -0.05) is 25.6 Å². The van der Waals surface area contributed by atoms with Gasteiger partial charge in [0.15, 0.2) is 5.16 Å². The second kappa shape index (κ2) is 7.87. The molecule has 4 nitrogen and oxygen atoms in total. The van der Waals surface area contributed by atoms with Crippen LogP contribution in [0.1, 0.15) is 33.1 Å². The van der Waals surface area contributed by atoms with Crippen molar-refractivity contribution in [2.75, 3.05) is 11.5 Å². The number of H-pyrrole nitrogens is 1. The number of hydrogen-bond donors (Lipinski definition) is 2. The van der Waals surface area contributed by atoms with E-state index in [0.717, 1.165) is 42.5 Å². The van der Waals surface area contributed by atoms with E-state index in [-0.39, 0.29) is 5.69 Å². The summed E-state index contributed by atoms with van der Waals surface area (Å²) in [5.41, 5.74) is -0.0993. The second-order valence-corrected chi connectivity index (χ2v) is 5.73. The largest absolute Gasteiger partial charge is 0.343 e. The molecule has 1 aromatic heterocycles. The van der Waals surface area contributed by atoms with Gasteiger partial charge in [0.25, 0.3) is 0 Å². The highest BCUT2D eigenvalue weighted by atomic mass is 32.2. The first-order chi connectivity index (χ1) is 8.19. The fourth-order valence-electron chi connectivity index (χ4n) is 1.55. The molecule has 1 unspecified atom stereocenters. The second-order valence-electron chi connectivity index (χ2n) is 4.22. The fourth-order valence-corrected chi connectivity index (χ4v) is 3.13. The monoisotopic (exact) mass is 275 g/mol. The SMILES string of the molecule is CCCn1c(SCCC(C)CCS)n[nH]c1=O. The third-order valence-electron chi connectivity index (χ3n) is 2.63. The molecule has 1 atom stereocenters. The molecule has 0 aliphatic rings. The molecule has 1 heterocycles. The van der Waals surface area contributed by atoms with E-state index in [9.17, 15) is 4.79 Å². The zero-order chi connectivity index (χ0) is 12.7. The zero-order valence-electron chi connectivity index (χ0n) is 10.5. The minimum Gasteiger partial charge on any atom is -0.270 e. The molecule has 0 saturated heterocycles. The Hall–Kier alpha value is -0.360. The molecule has 0 radical (unpaired) electrons. The minimum atomic E-state index is -0.0993. The number of thioether (sulfide) groups is 1. The lowest BCUT2D eigenvalue weighted by Gasteiger charge is -2.08. The molecule has 98 valence electrons. The number of aromatic amines is 1. The number of thiol groups is 1. The summed E-state index contributed by atoms with van der Waals surface area (Å²) in [4.78, 5) is 11.5. The van der Waals surface area contributed by atoms with Crippen LogP contribution in [0.3, 0.4) is 0 Å². The molecule has 17 heavy (non-hydrogen) atoms. The summed E-state index contributed by atoms with van der Waals surface area (Å²) < 4.78 is 1.72. The summed E-state index contributed by atoms with van der Waals surface area (Å²) in [6, 6.07) is 0. The Labute approximate surface area is 112 Å². The van der Waals surface area contributed by atoms with Crippen LogP contribution < -0.4 is 5.69 Å². The molecule has 0 bridgehead atoms. The van der Waals surface area contributed by atoms with Crippen LogP contribution in [0.15, 0.2) is 9.95 Å². The first kappa shape index (κ1) is 14.7. The van der Waals surface area contributed by atoms with Gasteiger partial charge in [0, 0.05) is 12.3 Å². The van der Waals surface area contributed by atoms with Gasteiger partial charge in [-0.3, -0.25) is 4.57 Å². The fraction of sp³-hybridized carbons (Fsp3) is 0.818. The third kappa shape index (κ3) is 4.79. The van der Waals surface area contributed by atoms with E-state index in [2.05, 4.69) is 36.7 Å². The van der Waals surface area contributed by atoms with Gasteiger partial charge in [0.2, 0.25) is 0 Å². The van der Waals surface area contributed by atoms with Crippen LogP contribution in [-0.4, -0.2) is 26.3 Å². The predicted octanol–water partition coefficient (Wildman–Crippen LogP) is 2.42. The quantitative estimate of drug-likeness (QED) is 0.566. The Morgan fingerprint density at radius 1 is 1.53 bits per heavy atom. The predicted molar refractivity (Wildman–Crippen MR) is 76.1 cm³/mol. The maximum Gasteiger partial charge on any atom is 0.343 e. The summed E-state index contributed by atoms with van der Waals surface area (Å²) >= 11 is 5.89. The molecule has 0 spiro atoms. The molecule has 0 aliphatic carbocycles. The summed E-state index contributed by atoms with van der Waals surface area (Å²) in [7, 11) is 0. The topological polar surface area (TPSA) is 50.7 Å². The van der Waals surface area contributed by atoms with Gasteiger partial charge in [-0.05, 0) is 30.9 Å². The average molecular weight is 275 g/mol. The first-order valence-corrected chi connectivity index (χ1v) is 7.69. The van der Waals surface area contributed by atoms with Gasteiger partial charge in [-0.2, -0.15) is 12.6 Å². The molecule has 6 heteroatoms. The van der Waals surface area contributed by atoms with Crippen molar-refractivity contribution in [3.05, 3.63) is 10.5 Å². The molecule has 0 fully saturated rings. The van der Waals surface area contributed by atoms with Gasteiger partial charge >= 0.3 is 5.69 Å². The Morgan fingerprint density at radius 3 is 2.94 bits per heavy atom. The van der Waals surface area contributed by atoms with Crippen molar-refractivity contribution >= 4 is 24.4 Å². The minimum absolute atomic E-state index is 0.0993. The molecule has 1 rings (SSSR count). The third-order valence-corrected chi connectivity index (χ3v) is 3.90. The van der Waals surface area contributed by atoms with Gasteiger partial charge in [-0.25, -0.2) is 9.89 Å². The first-order valence-electron chi connectivity index (χ1n) is 6.07. The van der Waals surface area contributed by atoms with Crippen LogP contribution >= 0.6 is 24.4 Å². The normalized spacial score (nSPS) is 12.9. The standard InChI is InChI=1S/C11H21N3OS2/c1-3-6-14-10(15)12-13-11(14)17-8-5-9(2)4-7-16/h9,16H,3-8H2,1-2H3,(H,12,15). The van der Waals surface area contributed by atoms with Crippen LogP contribution in [-0.2, 0) is 6.54 Å². The summed E-state index contributed by atoms with van der Waals surface area (Å²) in [5, 5.41) is 7.37.